The molecule has 0 spiro atoms. The molecule has 0 aliphatic carbocycles. The van der Waals surface area contributed by atoms with E-state index in [0.717, 1.165) is 31.4 Å². The summed E-state index contributed by atoms with van der Waals surface area (Å²) in [4.78, 5) is 0. The van der Waals surface area contributed by atoms with Gasteiger partial charge in [0, 0.05) is 14.5 Å². The molecule has 1 N–H and O–H groups in total. The van der Waals surface area contributed by atoms with E-state index in [1.165, 1.54) is 0 Å². The minimum Gasteiger partial charge on any atom is -0.491 e. The molecular formula is C17H18Br2O2. The highest BCUT2D eigenvalue weighted by Crippen LogP contribution is 2.34. The molecule has 0 radical (unpaired) electrons. The summed E-state index contributed by atoms with van der Waals surface area (Å²) in [5.74, 6) is 0.767. The van der Waals surface area contributed by atoms with E-state index >= 15 is 0 Å². The fraction of sp³-hybridized carbons (Fsp3) is 0.294. The van der Waals surface area contributed by atoms with Crippen LogP contribution in [-0.2, 0) is 0 Å². The Balaban J connectivity index is 2.36. The van der Waals surface area contributed by atoms with Gasteiger partial charge < -0.3 is 9.84 Å². The molecular weight excluding hydrogens is 396 g/mol. The van der Waals surface area contributed by atoms with Crippen LogP contribution in [0.25, 0.3) is 0 Å². The van der Waals surface area contributed by atoms with Crippen LogP contribution < -0.4 is 4.74 Å². The summed E-state index contributed by atoms with van der Waals surface area (Å²) in [5.41, 5.74) is 2.76. The molecule has 0 bridgehead atoms. The lowest BCUT2D eigenvalue weighted by Crippen LogP contribution is -2.07. The first-order chi connectivity index (χ1) is 9.88. The van der Waals surface area contributed by atoms with Crippen LogP contribution in [-0.4, -0.2) is 11.2 Å². The van der Waals surface area contributed by atoms with Crippen LogP contribution in [0.5, 0.6) is 5.75 Å². The van der Waals surface area contributed by atoms with Crippen molar-refractivity contribution in [2.45, 2.75) is 33.0 Å². The van der Waals surface area contributed by atoms with Gasteiger partial charge in [0.05, 0.1) is 6.10 Å². The van der Waals surface area contributed by atoms with E-state index in [9.17, 15) is 5.11 Å². The van der Waals surface area contributed by atoms with Crippen molar-refractivity contribution in [3.63, 3.8) is 0 Å². The number of rotatable bonds is 4. The van der Waals surface area contributed by atoms with Gasteiger partial charge in [-0.3, -0.25) is 0 Å². The molecule has 0 fully saturated rings. The summed E-state index contributed by atoms with van der Waals surface area (Å²) >= 11 is 7.04. The third-order valence-electron chi connectivity index (χ3n) is 3.12. The first-order valence-corrected chi connectivity index (χ1v) is 8.37. The standard InChI is InChI=1S/C17H18Br2O2/c1-10(2)21-13-6-4-5-12(8-13)17(20)14-9-15(18)11(3)7-16(14)19/h4-10,17,20H,1-3H3. The molecule has 2 rings (SSSR count). The second-order valence-electron chi connectivity index (χ2n) is 5.26. The van der Waals surface area contributed by atoms with Crippen LogP contribution in [0, 0.1) is 6.92 Å². The number of aliphatic hydroxyl groups excluding tert-OH is 1. The van der Waals surface area contributed by atoms with Gasteiger partial charge in [-0.2, -0.15) is 0 Å². The Morgan fingerprint density at radius 1 is 1.05 bits per heavy atom. The Labute approximate surface area is 142 Å². The molecule has 0 aliphatic heterocycles. The van der Waals surface area contributed by atoms with Gasteiger partial charge in [-0.25, -0.2) is 0 Å². The SMILES string of the molecule is Cc1cc(Br)c(C(O)c2cccc(OC(C)C)c2)cc1Br. The molecule has 0 aromatic heterocycles. The summed E-state index contributed by atoms with van der Waals surface area (Å²) in [6.07, 6.45) is -0.593. The van der Waals surface area contributed by atoms with Gasteiger partial charge in [0.2, 0.25) is 0 Å². The van der Waals surface area contributed by atoms with Crippen LogP contribution in [0.15, 0.2) is 45.3 Å². The zero-order valence-electron chi connectivity index (χ0n) is 12.2. The van der Waals surface area contributed by atoms with Gasteiger partial charge in [0.1, 0.15) is 11.9 Å². The second-order valence-corrected chi connectivity index (χ2v) is 6.97. The highest BCUT2D eigenvalue weighted by atomic mass is 79.9. The van der Waals surface area contributed by atoms with E-state index in [0.29, 0.717) is 0 Å². The normalized spacial score (nSPS) is 12.5. The lowest BCUT2D eigenvalue weighted by molar-refractivity contribution is 0.215. The van der Waals surface area contributed by atoms with E-state index in [1.807, 2.05) is 57.2 Å². The minimum atomic E-state index is -0.702. The smallest absolute Gasteiger partial charge is 0.120 e. The summed E-state index contributed by atoms with van der Waals surface area (Å²) in [5, 5.41) is 10.6. The van der Waals surface area contributed by atoms with Crippen LogP contribution in [0.2, 0.25) is 0 Å². The zero-order valence-corrected chi connectivity index (χ0v) is 15.4. The fourth-order valence-corrected chi connectivity index (χ4v) is 3.12. The lowest BCUT2D eigenvalue weighted by Gasteiger charge is -2.17. The van der Waals surface area contributed by atoms with E-state index in [4.69, 9.17) is 4.74 Å². The van der Waals surface area contributed by atoms with Crippen molar-refractivity contribution in [3.05, 3.63) is 62.0 Å². The van der Waals surface area contributed by atoms with Crippen molar-refractivity contribution in [1.82, 2.24) is 0 Å². The van der Waals surface area contributed by atoms with Crippen molar-refractivity contribution in [2.24, 2.45) is 0 Å². The van der Waals surface area contributed by atoms with Crippen molar-refractivity contribution in [2.75, 3.05) is 0 Å². The van der Waals surface area contributed by atoms with Gasteiger partial charge in [-0.05, 0) is 56.2 Å². The molecule has 2 aromatic rings. The molecule has 112 valence electrons. The number of ether oxygens (including phenoxy) is 1. The molecule has 0 saturated carbocycles. The maximum Gasteiger partial charge on any atom is 0.120 e. The van der Waals surface area contributed by atoms with Gasteiger partial charge >= 0.3 is 0 Å². The van der Waals surface area contributed by atoms with Gasteiger partial charge in [-0.1, -0.05) is 44.0 Å². The minimum absolute atomic E-state index is 0.109. The molecule has 0 aliphatic rings. The van der Waals surface area contributed by atoms with Crippen LogP contribution in [0.4, 0.5) is 0 Å². The quantitative estimate of drug-likeness (QED) is 0.728. The predicted molar refractivity (Wildman–Crippen MR) is 92.8 cm³/mol. The van der Waals surface area contributed by atoms with Gasteiger partial charge in [0.15, 0.2) is 0 Å². The summed E-state index contributed by atoms with van der Waals surface area (Å²) in [7, 11) is 0. The number of benzene rings is 2. The Kier molecular flexibility index (Phi) is 5.47. The number of aliphatic hydroxyl groups is 1. The third kappa shape index (κ3) is 4.09. The summed E-state index contributed by atoms with van der Waals surface area (Å²) in [6, 6.07) is 11.5. The van der Waals surface area contributed by atoms with E-state index in [-0.39, 0.29) is 6.10 Å². The summed E-state index contributed by atoms with van der Waals surface area (Å²) < 4.78 is 7.56. The van der Waals surface area contributed by atoms with E-state index in [1.54, 1.807) is 0 Å². The molecule has 2 nitrogen and oxygen atoms in total. The van der Waals surface area contributed by atoms with Gasteiger partial charge in [0.25, 0.3) is 0 Å². The Bertz CT molecular complexity index is 639. The predicted octanol–water partition coefficient (Wildman–Crippen LogP) is 5.39. The van der Waals surface area contributed by atoms with Crippen LogP contribution in [0.1, 0.15) is 36.6 Å². The van der Waals surface area contributed by atoms with Crippen molar-refractivity contribution in [3.8, 4) is 5.75 Å². The molecule has 2 aromatic carbocycles. The lowest BCUT2D eigenvalue weighted by atomic mass is 10.0. The number of hydrogen-bond acceptors (Lipinski definition) is 2. The Morgan fingerprint density at radius 2 is 1.76 bits per heavy atom. The van der Waals surface area contributed by atoms with Crippen molar-refractivity contribution >= 4 is 31.9 Å². The van der Waals surface area contributed by atoms with Crippen LogP contribution in [0.3, 0.4) is 0 Å². The van der Waals surface area contributed by atoms with E-state index in [2.05, 4.69) is 31.9 Å². The molecule has 21 heavy (non-hydrogen) atoms. The highest BCUT2D eigenvalue weighted by molar-refractivity contribution is 9.11. The molecule has 4 heteroatoms. The highest BCUT2D eigenvalue weighted by Gasteiger charge is 2.16. The Morgan fingerprint density at radius 3 is 2.43 bits per heavy atom. The zero-order chi connectivity index (χ0) is 15.6. The second kappa shape index (κ2) is 6.95. The molecule has 1 atom stereocenters. The Hall–Kier alpha value is -0.840. The maximum atomic E-state index is 10.6. The maximum absolute atomic E-state index is 10.6. The average molecular weight is 414 g/mol. The first kappa shape index (κ1) is 16.5. The average Bonchev–Trinajstić information content (AvgIpc) is 2.41. The van der Waals surface area contributed by atoms with Gasteiger partial charge in [-0.15, -0.1) is 0 Å². The van der Waals surface area contributed by atoms with E-state index < -0.39 is 6.10 Å². The topological polar surface area (TPSA) is 29.5 Å². The number of aryl methyl sites for hydroxylation is 1. The first-order valence-electron chi connectivity index (χ1n) is 6.78. The van der Waals surface area contributed by atoms with Crippen molar-refractivity contribution < 1.29 is 9.84 Å². The van der Waals surface area contributed by atoms with Crippen molar-refractivity contribution in [1.29, 1.82) is 0 Å². The molecule has 0 heterocycles. The number of halogens is 2. The monoisotopic (exact) mass is 412 g/mol. The molecule has 0 saturated heterocycles. The third-order valence-corrected chi connectivity index (χ3v) is 4.66. The molecule has 0 amide bonds. The number of hydrogen-bond donors (Lipinski definition) is 1. The van der Waals surface area contributed by atoms with Crippen LogP contribution >= 0.6 is 31.9 Å². The largest absolute Gasteiger partial charge is 0.491 e. The fourth-order valence-electron chi connectivity index (χ4n) is 2.08. The molecule has 1 unspecified atom stereocenters. The summed E-state index contributed by atoms with van der Waals surface area (Å²) in [6.45, 7) is 5.98.